The lowest BCUT2D eigenvalue weighted by atomic mass is 10.1. The highest BCUT2D eigenvalue weighted by molar-refractivity contribution is 7.13. The fourth-order valence-electron chi connectivity index (χ4n) is 3.12. The van der Waals surface area contributed by atoms with E-state index in [1.54, 1.807) is 28.5 Å². The van der Waals surface area contributed by atoms with Crippen LogP contribution in [0.2, 0.25) is 0 Å². The van der Waals surface area contributed by atoms with Crippen LogP contribution < -0.4 is 10.6 Å². The monoisotopic (exact) mass is 428 g/mol. The minimum absolute atomic E-state index is 0.260. The Balaban J connectivity index is 1.47. The predicted molar refractivity (Wildman–Crippen MR) is 119 cm³/mol. The Bertz CT molecular complexity index is 1370. The van der Waals surface area contributed by atoms with Crippen molar-refractivity contribution in [3.63, 3.8) is 0 Å². The first-order chi connectivity index (χ1) is 15.2. The molecule has 0 unspecified atom stereocenters. The van der Waals surface area contributed by atoms with Crippen molar-refractivity contribution in [3.05, 3.63) is 77.7 Å². The molecule has 3 heterocycles. The number of aryl methyl sites for hydroxylation is 1. The molecule has 0 bridgehead atoms. The highest BCUT2D eigenvalue weighted by atomic mass is 32.1. The third-order valence-corrected chi connectivity index (χ3v) is 5.31. The summed E-state index contributed by atoms with van der Waals surface area (Å²) in [4.78, 5) is 21.4. The van der Waals surface area contributed by atoms with Crippen LogP contribution in [0.15, 0.2) is 66.6 Å². The molecular weight excluding hydrogens is 412 g/mol. The molecule has 0 saturated heterocycles. The molecule has 5 aromatic rings. The number of carbonyl (C=O) groups excluding carboxylic acids is 1. The lowest BCUT2D eigenvalue weighted by Gasteiger charge is -2.11. The van der Waals surface area contributed by atoms with Gasteiger partial charge in [0.1, 0.15) is 17.7 Å². The van der Waals surface area contributed by atoms with Crippen molar-refractivity contribution in [1.82, 2.24) is 29.9 Å². The number of hydrogen-bond donors (Lipinski definition) is 2. The molecule has 5 rings (SSSR count). The SMILES string of the molecule is Cc1ccc(C(=O)Nc2nncs2)cc1Nc1ncnc2c1cnn2-c1ccccc1. The quantitative estimate of drug-likeness (QED) is 0.436. The fraction of sp³-hybridized carbons (Fsp3) is 0.0476. The maximum Gasteiger partial charge on any atom is 0.257 e. The summed E-state index contributed by atoms with van der Waals surface area (Å²) in [6, 6.07) is 15.2. The molecule has 0 radical (unpaired) electrons. The van der Waals surface area contributed by atoms with Gasteiger partial charge in [-0.05, 0) is 36.8 Å². The Morgan fingerprint density at radius 3 is 2.77 bits per heavy atom. The van der Waals surface area contributed by atoms with Gasteiger partial charge in [0, 0.05) is 11.3 Å². The lowest BCUT2D eigenvalue weighted by molar-refractivity contribution is 0.102. The van der Waals surface area contributed by atoms with Crippen LogP contribution >= 0.6 is 11.3 Å². The third kappa shape index (κ3) is 3.71. The second kappa shape index (κ2) is 7.92. The second-order valence-electron chi connectivity index (χ2n) is 6.70. The zero-order valence-electron chi connectivity index (χ0n) is 16.4. The average molecular weight is 428 g/mol. The fourth-order valence-corrected chi connectivity index (χ4v) is 3.56. The molecule has 3 aromatic heterocycles. The van der Waals surface area contributed by atoms with Crippen molar-refractivity contribution in [2.75, 3.05) is 10.6 Å². The molecule has 152 valence electrons. The molecule has 0 atom stereocenters. The first kappa shape index (κ1) is 18.8. The van der Waals surface area contributed by atoms with Gasteiger partial charge in [-0.15, -0.1) is 10.2 Å². The number of nitrogens with one attached hydrogen (secondary N) is 2. The van der Waals surface area contributed by atoms with Crippen molar-refractivity contribution >= 4 is 44.9 Å². The summed E-state index contributed by atoms with van der Waals surface area (Å²) in [5, 5.41) is 19.3. The molecule has 2 N–H and O–H groups in total. The van der Waals surface area contributed by atoms with Gasteiger partial charge in [-0.3, -0.25) is 10.1 Å². The summed E-state index contributed by atoms with van der Waals surface area (Å²) in [6.45, 7) is 1.96. The van der Waals surface area contributed by atoms with Gasteiger partial charge in [0.25, 0.3) is 5.91 Å². The van der Waals surface area contributed by atoms with E-state index in [2.05, 4.69) is 35.9 Å². The number of nitrogens with zero attached hydrogens (tertiary/aromatic N) is 6. The maximum atomic E-state index is 12.6. The van der Waals surface area contributed by atoms with E-state index < -0.39 is 0 Å². The number of fused-ring (bicyclic) bond motifs is 1. The van der Waals surface area contributed by atoms with Gasteiger partial charge in [0.2, 0.25) is 5.13 Å². The van der Waals surface area contributed by atoms with E-state index in [1.165, 1.54) is 17.7 Å². The van der Waals surface area contributed by atoms with Gasteiger partial charge in [-0.25, -0.2) is 14.6 Å². The number of anilines is 3. The minimum Gasteiger partial charge on any atom is -0.339 e. The smallest absolute Gasteiger partial charge is 0.257 e. The van der Waals surface area contributed by atoms with Crippen molar-refractivity contribution in [1.29, 1.82) is 0 Å². The first-order valence-corrected chi connectivity index (χ1v) is 10.3. The van der Waals surface area contributed by atoms with E-state index in [4.69, 9.17) is 0 Å². The van der Waals surface area contributed by atoms with E-state index in [-0.39, 0.29) is 5.91 Å². The molecule has 0 aliphatic carbocycles. The van der Waals surface area contributed by atoms with Gasteiger partial charge in [-0.2, -0.15) is 5.10 Å². The normalized spacial score (nSPS) is 10.9. The zero-order chi connectivity index (χ0) is 21.2. The Labute approximate surface area is 180 Å². The average Bonchev–Trinajstić information content (AvgIpc) is 3.46. The highest BCUT2D eigenvalue weighted by Gasteiger charge is 2.14. The Morgan fingerprint density at radius 1 is 1.10 bits per heavy atom. The molecule has 0 aliphatic rings. The van der Waals surface area contributed by atoms with Gasteiger partial charge in [-0.1, -0.05) is 35.6 Å². The molecule has 2 aromatic carbocycles. The molecule has 1 amide bonds. The summed E-state index contributed by atoms with van der Waals surface area (Å²) >= 11 is 1.26. The van der Waals surface area contributed by atoms with Gasteiger partial charge in [0.05, 0.1) is 17.3 Å². The maximum absolute atomic E-state index is 12.6. The van der Waals surface area contributed by atoms with E-state index >= 15 is 0 Å². The number of hydrogen-bond acceptors (Lipinski definition) is 8. The first-order valence-electron chi connectivity index (χ1n) is 9.38. The number of rotatable bonds is 5. The Kier molecular flexibility index (Phi) is 4.81. The predicted octanol–water partition coefficient (Wildman–Crippen LogP) is 3.97. The van der Waals surface area contributed by atoms with E-state index in [0.29, 0.717) is 22.2 Å². The molecule has 0 spiro atoms. The Hall–Kier alpha value is -4.18. The minimum atomic E-state index is -0.260. The highest BCUT2D eigenvalue weighted by Crippen LogP contribution is 2.27. The van der Waals surface area contributed by atoms with Crippen molar-refractivity contribution in [2.45, 2.75) is 6.92 Å². The summed E-state index contributed by atoms with van der Waals surface area (Å²) < 4.78 is 1.76. The van der Waals surface area contributed by atoms with E-state index in [9.17, 15) is 4.79 Å². The van der Waals surface area contributed by atoms with Gasteiger partial charge in [0.15, 0.2) is 5.65 Å². The van der Waals surface area contributed by atoms with Crippen molar-refractivity contribution < 1.29 is 4.79 Å². The van der Waals surface area contributed by atoms with Crippen LogP contribution in [0.1, 0.15) is 15.9 Å². The molecular formula is C21H16N8OS. The van der Waals surface area contributed by atoms with Crippen molar-refractivity contribution in [2.24, 2.45) is 0 Å². The molecule has 9 nitrogen and oxygen atoms in total. The standard InChI is InChI=1S/C21H16N8OS/c1-13-7-8-14(20(30)27-21-28-24-12-31-21)9-17(13)26-18-16-10-25-29(19(16)23-11-22-18)15-5-3-2-4-6-15/h2-12H,1H3,(H,22,23,26)(H,27,28,30). The zero-order valence-corrected chi connectivity index (χ0v) is 17.2. The molecule has 0 aliphatic heterocycles. The molecule has 0 fully saturated rings. The van der Waals surface area contributed by atoms with Crippen LogP contribution in [-0.4, -0.2) is 35.9 Å². The van der Waals surface area contributed by atoms with Crippen LogP contribution in [0.5, 0.6) is 0 Å². The van der Waals surface area contributed by atoms with Crippen LogP contribution in [0.25, 0.3) is 16.7 Å². The summed E-state index contributed by atoms with van der Waals surface area (Å²) in [6.07, 6.45) is 3.22. The third-order valence-electron chi connectivity index (χ3n) is 4.70. The number of para-hydroxylation sites is 1. The van der Waals surface area contributed by atoms with Crippen LogP contribution in [0.3, 0.4) is 0 Å². The van der Waals surface area contributed by atoms with E-state index in [0.717, 1.165) is 22.3 Å². The van der Waals surface area contributed by atoms with E-state index in [1.807, 2.05) is 43.3 Å². The summed E-state index contributed by atoms with van der Waals surface area (Å²) in [5.41, 5.74) is 5.38. The van der Waals surface area contributed by atoms with Crippen LogP contribution in [0.4, 0.5) is 16.6 Å². The van der Waals surface area contributed by atoms with Gasteiger partial charge >= 0.3 is 0 Å². The number of aromatic nitrogens is 6. The lowest BCUT2D eigenvalue weighted by Crippen LogP contribution is -2.12. The van der Waals surface area contributed by atoms with Crippen LogP contribution in [-0.2, 0) is 0 Å². The van der Waals surface area contributed by atoms with Gasteiger partial charge < -0.3 is 5.32 Å². The summed E-state index contributed by atoms with van der Waals surface area (Å²) in [5.74, 6) is 0.349. The largest absolute Gasteiger partial charge is 0.339 e. The number of benzene rings is 2. The molecule has 31 heavy (non-hydrogen) atoms. The summed E-state index contributed by atoms with van der Waals surface area (Å²) in [7, 11) is 0. The molecule has 0 saturated carbocycles. The topological polar surface area (TPSA) is 111 Å². The molecule has 10 heteroatoms. The number of carbonyl (C=O) groups is 1. The second-order valence-corrected chi connectivity index (χ2v) is 7.54. The Morgan fingerprint density at radius 2 is 1.97 bits per heavy atom. The number of amides is 1. The van der Waals surface area contributed by atoms with Crippen molar-refractivity contribution in [3.8, 4) is 5.69 Å². The van der Waals surface area contributed by atoms with Crippen LogP contribution in [0, 0.1) is 6.92 Å².